The van der Waals surface area contributed by atoms with Gasteiger partial charge in [0, 0.05) is 13.1 Å². The van der Waals surface area contributed by atoms with Crippen molar-refractivity contribution in [2.45, 2.75) is 39.8 Å². The van der Waals surface area contributed by atoms with Gasteiger partial charge in [-0.15, -0.1) is 0 Å². The molecular formula is C25H30N2O6. The molecule has 0 spiro atoms. The Labute approximate surface area is 193 Å². The number of ether oxygens (including phenoxy) is 3. The van der Waals surface area contributed by atoms with Crippen LogP contribution in [0.4, 0.5) is 0 Å². The molecule has 0 aromatic heterocycles. The first kappa shape index (κ1) is 24.1. The molecule has 1 aliphatic heterocycles. The number of likely N-dealkylation sites (N-methyl/N-ethyl adjacent to an activating group) is 1. The Bertz CT molecular complexity index is 976. The molecule has 0 saturated carbocycles. The van der Waals surface area contributed by atoms with Crippen molar-refractivity contribution < 1.29 is 28.6 Å². The first-order valence-electron chi connectivity index (χ1n) is 11.0. The van der Waals surface area contributed by atoms with Gasteiger partial charge in [0.15, 0.2) is 18.1 Å². The summed E-state index contributed by atoms with van der Waals surface area (Å²) in [6.07, 6.45) is 0.162. The van der Waals surface area contributed by atoms with E-state index in [1.54, 1.807) is 11.0 Å². The second-order valence-corrected chi connectivity index (χ2v) is 8.15. The van der Waals surface area contributed by atoms with Crippen molar-refractivity contribution in [3.63, 3.8) is 0 Å². The van der Waals surface area contributed by atoms with Gasteiger partial charge < -0.3 is 24.4 Å². The van der Waals surface area contributed by atoms with E-state index in [0.717, 1.165) is 11.1 Å². The number of carbonyl (C=O) groups is 3. The van der Waals surface area contributed by atoms with E-state index in [0.29, 0.717) is 24.6 Å². The van der Waals surface area contributed by atoms with Gasteiger partial charge in [0.25, 0.3) is 5.91 Å². The summed E-state index contributed by atoms with van der Waals surface area (Å²) in [5, 5.41) is 2.73. The second kappa shape index (κ2) is 11.4. The number of fused-ring (bicyclic) bond motifs is 1. The highest BCUT2D eigenvalue weighted by Crippen LogP contribution is 2.32. The van der Waals surface area contributed by atoms with Crippen LogP contribution in [-0.4, -0.2) is 48.7 Å². The minimum absolute atomic E-state index is 0.162. The molecule has 0 radical (unpaired) electrons. The van der Waals surface area contributed by atoms with Crippen LogP contribution < -0.4 is 14.8 Å². The normalized spacial score (nSPS) is 12.8. The molecule has 8 nitrogen and oxygen atoms in total. The largest absolute Gasteiger partial charge is 0.454 e. The summed E-state index contributed by atoms with van der Waals surface area (Å²) in [6, 6.07) is 13.9. The summed E-state index contributed by atoms with van der Waals surface area (Å²) in [6.45, 7) is 6.08. The number of nitrogens with zero attached hydrogens (tertiary/aromatic N) is 1. The van der Waals surface area contributed by atoms with E-state index >= 15 is 0 Å². The molecule has 2 aromatic carbocycles. The van der Waals surface area contributed by atoms with Crippen LogP contribution in [0.1, 0.15) is 31.9 Å². The van der Waals surface area contributed by atoms with Crippen LogP contribution in [0.15, 0.2) is 48.5 Å². The van der Waals surface area contributed by atoms with Crippen LogP contribution in [0.25, 0.3) is 0 Å². The first-order chi connectivity index (χ1) is 15.9. The minimum atomic E-state index is -0.835. The van der Waals surface area contributed by atoms with Gasteiger partial charge in [-0.3, -0.25) is 9.59 Å². The summed E-state index contributed by atoms with van der Waals surface area (Å²) in [7, 11) is 0. The third kappa shape index (κ3) is 6.71. The van der Waals surface area contributed by atoms with Gasteiger partial charge >= 0.3 is 5.97 Å². The quantitative estimate of drug-likeness (QED) is 0.555. The molecule has 0 saturated heterocycles. The fourth-order valence-electron chi connectivity index (χ4n) is 3.45. The van der Waals surface area contributed by atoms with E-state index in [2.05, 4.69) is 5.32 Å². The molecule has 2 aromatic rings. The number of esters is 1. The van der Waals surface area contributed by atoms with Gasteiger partial charge in [0.2, 0.25) is 12.7 Å². The Balaban J connectivity index is 1.52. The van der Waals surface area contributed by atoms with E-state index in [-0.39, 0.29) is 30.9 Å². The average molecular weight is 455 g/mol. The molecule has 1 N–H and O–H groups in total. The van der Waals surface area contributed by atoms with E-state index in [1.807, 2.05) is 63.2 Å². The van der Waals surface area contributed by atoms with Crippen LogP contribution >= 0.6 is 0 Å². The van der Waals surface area contributed by atoms with Crippen molar-refractivity contribution in [3.8, 4) is 11.5 Å². The number of hydrogen-bond donors (Lipinski definition) is 1. The predicted octanol–water partition coefficient (Wildman–Crippen LogP) is 2.69. The Morgan fingerprint density at radius 1 is 1.03 bits per heavy atom. The molecule has 33 heavy (non-hydrogen) atoms. The Hall–Kier alpha value is -3.55. The zero-order valence-electron chi connectivity index (χ0n) is 19.2. The topological polar surface area (TPSA) is 94.2 Å². The van der Waals surface area contributed by atoms with Gasteiger partial charge in [0.05, 0.1) is 6.42 Å². The lowest BCUT2D eigenvalue weighted by Gasteiger charge is -2.23. The molecule has 0 unspecified atom stereocenters. The number of rotatable bonds is 10. The monoisotopic (exact) mass is 454 g/mol. The fourth-order valence-corrected chi connectivity index (χ4v) is 3.45. The van der Waals surface area contributed by atoms with E-state index in [9.17, 15) is 14.4 Å². The highest BCUT2D eigenvalue weighted by atomic mass is 16.7. The molecule has 176 valence electrons. The molecule has 0 aliphatic carbocycles. The van der Waals surface area contributed by atoms with Gasteiger partial charge in [-0.25, -0.2) is 4.79 Å². The summed E-state index contributed by atoms with van der Waals surface area (Å²) in [4.78, 5) is 39.3. The van der Waals surface area contributed by atoms with Crippen LogP contribution in [0, 0.1) is 5.92 Å². The predicted molar refractivity (Wildman–Crippen MR) is 122 cm³/mol. The summed E-state index contributed by atoms with van der Waals surface area (Å²) >= 11 is 0. The van der Waals surface area contributed by atoms with Crippen LogP contribution in [0.5, 0.6) is 11.5 Å². The Kier molecular flexibility index (Phi) is 8.29. The number of nitrogens with one attached hydrogen (secondary N) is 1. The number of benzene rings is 2. The first-order valence-corrected chi connectivity index (χ1v) is 11.0. The van der Waals surface area contributed by atoms with Crippen LogP contribution in [0.2, 0.25) is 0 Å². The lowest BCUT2D eigenvalue weighted by atomic mass is 10.0. The molecule has 0 fully saturated rings. The van der Waals surface area contributed by atoms with E-state index in [1.165, 1.54) is 0 Å². The molecule has 1 aliphatic rings. The van der Waals surface area contributed by atoms with E-state index in [4.69, 9.17) is 14.2 Å². The minimum Gasteiger partial charge on any atom is -0.454 e. The maximum atomic E-state index is 12.7. The highest BCUT2D eigenvalue weighted by molar-refractivity contribution is 5.87. The lowest BCUT2D eigenvalue weighted by Crippen LogP contribution is -2.46. The van der Waals surface area contributed by atoms with Gasteiger partial charge in [0.1, 0.15) is 6.04 Å². The molecule has 3 rings (SSSR count). The molecule has 0 bridgehead atoms. The van der Waals surface area contributed by atoms with Crippen molar-refractivity contribution in [2.24, 2.45) is 5.92 Å². The van der Waals surface area contributed by atoms with Gasteiger partial charge in [-0.1, -0.05) is 50.2 Å². The van der Waals surface area contributed by atoms with Crippen LogP contribution in [-0.2, 0) is 32.1 Å². The molecule has 1 atom stereocenters. The second-order valence-electron chi connectivity index (χ2n) is 8.15. The number of amides is 2. The van der Waals surface area contributed by atoms with Gasteiger partial charge in [-0.2, -0.15) is 0 Å². The highest BCUT2D eigenvalue weighted by Gasteiger charge is 2.27. The zero-order valence-corrected chi connectivity index (χ0v) is 19.2. The van der Waals surface area contributed by atoms with Crippen molar-refractivity contribution in [1.82, 2.24) is 10.2 Å². The standard InChI is InChI=1S/C25H30N2O6/c1-4-27(14-19-10-11-20-21(12-19)33-16-32-20)23(29)15-31-25(30)24(17(2)3)26-22(28)13-18-8-6-5-7-9-18/h5-12,17,24H,4,13-16H2,1-3H3,(H,26,28)/t24-/m0/s1. The average Bonchev–Trinajstić information content (AvgIpc) is 3.27. The lowest BCUT2D eigenvalue weighted by molar-refractivity contribution is -0.155. The number of hydrogen-bond acceptors (Lipinski definition) is 6. The van der Waals surface area contributed by atoms with Crippen molar-refractivity contribution in [3.05, 3.63) is 59.7 Å². The molecule has 1 heterocycles. The molecule has 2 amide bonds. The van der Waals surface area contributed by atoms with E-state index < -0.39 is 18.6 Å². The van der Waals surface area contributed by atoms with Crippen molar-refractivity contribution in [2.75, 3.05) is 19.9 Å². The summed E-state index contributed by atoms with van der Waals surface area (Å²) in [5.41, 5.74) is 1.73. The van der Waals surface area contributed by atoms with Crippen molar-refractivity contribution >= 4 is 17.8 Å². The smallest absolute Gasteiger partial charge is 0.329 e. The maximum absolute atomic E-state index is 12.7. The Morgan fingerprint density at radius 2 is 1.76 bits per heavy atom. The number of carbonyl (C=O) groups excluding carboxylic acids is 3. The van der Waals surface area contributed by atoms with Crippen LogP contribution in [0.3, 0.4) is 0 Å². The maximum Gasteiger partial charge on any atom is 0.329 e. The fraction of sp³-hybridized carbons (Fsp3) is 0.400. The van der Waals surface area contributed by atoms with Crippen molar-refractivity contribution in [1.29, 1.82) is 0 Å². The third-order valence-electron chi connectivity index (χ3n) is 5.33. The summed E-state index contributed by atoms with van der Waals surface area (Å²) < 4.78 is 16.0. The Morgan fingerprint density at radius 3 is 2.45 bits per heavy atom. The SMILES string of the molecule is CCN(Cc1ccc2c(c1)OCO2)C(=O)COC(=O)[C@@H](NC(=O)Cc1ccccc1)C(C)C. The molecule has 8 heteroatoms. The summed E-state index contributed by atoms with van der Waals surface area (Å²) in [5.74, 6) is -0.0884. The molecular weight excluding hydrogens is 424 g/mol. The third-order valence-corrected chi connectivity index (χ3v) is 5.33. The zero-order chi connectivity index (χ0) is 23.8. The van der Waals surface area contributed by atoms with Gasteiger partial charge in [-0.05, 0) is 36.1 Å².